The molecule has 1 atom stereocenters. The smallest absolute Gasteiger partial charge is 0.317 e. The fourth-order valence-electron chi connectivity index (χ4n) is 2.92. The molecule has 0 saturated carbocycles. The van der Waals surface area contributed by atoms with Crippen LogP contribution in [0.2, 0.25) is 0 Å². The lowest BCUT2D eigenvalue weighted by molar-refractivity contribution is -0.138. The van der Waals surface area contributed by atoms with Crippen LogP contribution in [0.4, 0.5) is 0 Å². The molecule has 2 rings (SSSR count). The minimum absolute atomic E-state index is 0.193. The van der Waals surface area contributed by atoms with Gasteiger partial charge in [0.15, 0.2) is 0 Å². The van der Waals surface area contributed by atoms with Crippen LogP contribution in [0.25, 0.3) is 0 Å². The molecule has 2 heterocycles. The van der Waals surface area contributed by atoms with Crippen LogP contribution >= 0.6 is 0 Å². The second-order valence-corrected chi connectivity index (χ2v) is 5.26. The monoisotopic (exact) mass is 241 g/mol. The molecule has 0 aromatic heterocycles. The Morgan fingerprint density at radius 3 is 2.71 bits per heavy atom. The number of hydrogen-bond donors (Lipinski definition) is 1. The summed E-state index contributed by atoms with van der Waals surface area (Å²) in [5.74, 6) is -0.709. The molecule has 0 amide bonds. The SMILES string of the molecule is CN1CCC(N2CCCN(CC(=O)O)CC2)C1. The maximum atomic E-state index is 10.7. The van der Waals surface area contributed by atoms with Gasteiger partial charge in [-0.1, -0.05) is 0 Å². The Hall–Kier alpha value is -0.650. The highest BCUT2D eigenvalue weighted by Gasteiger charge is 2.27. The lowest BCUT2D eigenvalue weighted by Gasteiger charge is -2.27. The lowest BCUT2D eigenvalue weighted by Crippen LogP contribution is -2.40. The van der Waals surface area contributed by atoms with Crippen molar-refractivity contribution in [2.75, 3.05) is 52.9 Å². The molecule has 2 aliphatic rings. The third-order valence-corrected chi connectivity index (χ3v) is 3.86. The quantitative estimate of drug-likeness (QED) is 0.740. The molecule has 2 aliphatic heterocycles. The summed E-state index contributed by atoms with van der Waals surface area (Å²) in [4.78, 5) is 17.7. The minimum atomic E-state index is -0.709. The fourth-order valence-corrected chi connectivity index (χ4v) is 2.92. The van der Waals surface area contributed by atoms with Crippen molar-refractivity contribution in [2.45, 2.75) is 18.9 Å². The van der Waals surface area contributed by atoms with Gasteiger partial charge in [0.25, 0.3) is 0 Å². The highest BCUT2D eigenvalue weighted by Crippen LogP contribution is 2.16. The van der Waals surface area contributed by atoms with Gasteiger partial charge >= 0.3 is 5.97 Å². The van der Waals surface area contributed by atoms with Crippen molar-refractivity contribution in [3.8, 4) is 0 Å². The van der Waals surface area contributed by atoms with Crippen LogP contribution in [0.15, 0.2) is 0 Å². The summed E-state index contributed by atoms with van der Waals surface area (Å²) in [5, 5.41) is 8.81. The summed E-state index contributed by atoms with van der Waals surface area (Å²) in [6.45, 7) is 6.51. The molecule has 17 heavy (non-hydrogen) atoms. The first-order valence-corrected chi connectivity index (χ1v) is 6.52. The molecule has 0 bridgehead atoms. The van der Waals surface area contributed by atoms with Crippen LogP contribution < -0.4 is 0 Å². The number of nitrogens with zero attached hydrogens (tertiary/aromatic N) is 3. The van der Waals surface area contributed by atoms with Crippen molar-refractivity contribution in [1.29, 1.82) is 0 Å². The van der Waals surface area contributed by atoms with E-state index in [1.54, 1.807) is 0 Å². The molecule has 0 spiro atoms. The molecule has 5 heteroatoms. The predicted octanol–water partition coefficient (Wildman–Crippen LogP) is -0.217. The second kappa shape index (κ2) is 5.80. The molecule has 2 saturated heterocycles. The molecule has 0 aromatic carbocycles. The van der Waals surface area contributed by atoms with Crippen molar-refractivity contribution < 1.29 is 9.90 Å². The van der Waals surface area contributed by atoms with Gasteiger partial charge in [-0.25, -0.2) is 0 Å². The number of carboxylic acid groups (broad SMARTS) is 1. The molecule has 5 nitrogen and oxygen atoms in total. The topological polar surface area (TPSA) is 47.0 Å². The lowest BCUT2D eigenvalue weighted by atomic mass is 10.2. The second-order valence-electron chi connectivity index (χ2n) is 5.26. The summed E-state index contributed by atoms with van der Waals surface area (Å²) in [7, 11) is 2.18. The number of carbonyl (C=O) groups is 1. The summed E-state index contributed by atoms with van der Waals surface area (Å²) < 4.78 is 0. The maximum absolute atomic E-state index is 10.7. The average molecular weight is 241 g/mol. The molecular weight excluding hydrogens is 218 g/mol. The number of rotatable bonds is 3. The summed E-state index contributed by atoms with van der Waals surface area (Å²) >= 11 is 0. The number of aliphatic carboxylic acids is 1. The van der Waals surface area contributed by atoms with Gasteiger partial charge in [-0.05, 0) is 33.0 Å². The van der Waals surface area contributed by atoms with Gasteiger partial charge in [-0.15, -0.1) is 0 Å². The summed E-state index contributed by atoms with van der Waals surface area (Å²) in [5.41, 5.74) is 0. The maximum Gasteiger partial charge on any atom is 0.317 e. The van der Waals surface area contributed by atoms with E-state index in [0.717, 1.165) is 32.6 Å². The first kappa shape index (κ1) is 12.8. The van der Waals surface area contributed by atoms with Crippen LogP contribution in [-0.4, -0.2) is 84.7 Å². The first-order chi connectivity index (χ1) is 8.15. The summed E-state index contributed by atoms with van der Waals surface area (Å²) in [6, 6.07) is 0.685. The van der Waals surface area contributed by atoms with E-state index in [1.807, 2.05) is 0 Å². The van der Waals surface area contributed by atoms with E-state index in [9.17, 15) is 4.79 Å². The first-order valence-electron chi connectivity index (χ1n) is 6.52. The highest BCUT2D eigenvalue weighted by atomic mass is 16.4. The Labute approximate surface area is 103 Å². The van der Waals surface area contributed by atoms with E-state index in [2.05, 4.69) is 21.7 Å². The van der Waals surface area contributed by atoms with Crippen LogP contribution in [0.1, 0.15) is 12.8 Å². The van der Waals surface area contributed by atoms with Crippen LogP contribution in [0.5, 0.6) is 0 Å². The zero-order valence-corrected chi connectivity index (χ0v) is 10.6. The molecule has 1 unspecified atom stereocenters. The van der Waals surface area contributed by atoms with E-state index in [4.69, 9.17) is 5.11 Å². The zero-order chi connectivity index (χ0) is 12.3. The highest BCUT2D eigenvalue weighted by molar-refractivity contribution is 5.69. The predicted molar refractivity (Wildman–Crippen MR) is 66.2 cm³/mol. The van der Waals surface area contributed by atoms with Crippen LogP contribution in [-0.2, 0) is 4.79 Å². The summed E-state index contributed by atoms with van der Waals surface area (Å²) in [6.07, 6.45) is 2.35. The molecule has 98 valence electrons. The normalized spacial score (nSPS) is 29.4. The molecule has 0 aliphatic carbocycles. The van der Waals surface area contributed by atoms with Crippen LogP contribution in [0, 0.1) is 0 Å². The Bertz CT molecular complexity index is 272. The number of carboxylic acids is 1. The molecular formula is C12H23N3O2. The molecule has 0 aromatic rings. The van der Waals surface area contributed by atoms with Crippen molar-refractivity contribution in [3.05, 3.63) is 0 Å². The fraction of sp³-hybridized carbons (Fsp3) is 0.917. The van der Waals surface area contributed by atoms with E-state index < -0.39 is 5.97 Å². The van der Waals surface area contributed by atoms with E-state index in [1.165, 1.54) is 19.5 Å². The van der Waals surface area contributed by atoms with Gasteiger partial charge in [0, 0.05) is 32.2 Å². The third kappa shape index (κ3) is 3.66. The number of hydrogen-bond acceptors (Lipinski definition) is 4. The zero-order valence-electron chi connectivity index (χ0n) is 10.6. The Kier molecular flexibility index (Phi) is 4.36. The largest absolute Gasteiger partial charge is 0.480 e. The van der Waals surface area contributed by atoms with E-state index in [-0.39, 0.29) is 6.54 Å². The van der Waals surface area contributed by atoms with Crippen LogP contribution in [0.3, 0.4) is 0 Å². The molecule has 0 radical (unpaired) electrons. The molecule has 2 fully saturated rings. The van der Waals surface area contributed by atoms with E-state index in [0.29, 0.717) is 6.04 Å². The van der Waals surface area contributed by atoms with Gasteiger partial charge in [0.05, 0.1) is 6.54 Å². The Morgan fingerprint density at radius 2 is 2.06 bits per heavy atom. The number of likely N-dealkylation sites (N-methyl/N-ethyl adjacent to an activating group) is 1. The number of likely N-dealkylation sites (tertiary alicyclic amines) is 1. The molecule has 1 N–H and O–H groups in total. The Morgan fingerprint density at radius 1 is 1.24 bits per heavy atom. The van der Waals surface area contributed by atoms with Gasteiger partial charge in [0.1, 0.15) is 0 Å². The van der Waals surface area contributed by atoms with Gasteiger partial charge in [0.2, 0.25) is 0 Å². The van der Waals surface area contributed by atoms with Crippen molar-refractivity contribution in [2.24, 2.45) is 0 Å². The minimum Gasteiger partial charge on any atom is -0.480 e. The average Bonchev–Trinajstić information content (AvgIpc) is 2.56. The van der Waals surface area contributed by atoms with Gasteiger partial charge in [-0.3, -0.25) is 14.6 Å². The van der Waals surface area contributed by atoms with Crippen molar-refractivity contribution >= 4 is 5.97 Å². The van der Waals surface area contributed by atoms with Crippen molar-refractivity contribution in [3.63, 3.8) is 0 Å². The standard InChI is InChI=1S/C12H23N3O2/c1-13-6-3-11(9-13)15-5-2-4-14(7-8-15)10-12(16)17/h11H,2-10H2,1H3,(H,16,17). The third-order valence-electron chi connectivity index (χ3n) is 3.86. The van der Waals surface area contributed by atoms with Gasteiger partial charge < -0.3 is 10.0 Å². The van der Waals surface area contributed by atoms with Gasteiger partial charge in [-0.2, -0.15) is 0 Å². The van der Waals surface area contributed by atoms with E-state index >= 15 is 0 Å². The Balaban J connectivity index is 1.81. The van der Waals surface area contributed by atoms with Crippen molar-refractivity contribution in [1.82, 2.24) is 14.7 Å².